The van der Waals surface area contributed by atoms with Gasteiger partial charge in [-0.25, -0.2) is 0 Å². The Bertz CT molecular complexity index is 391. The normalized spacial score (nSPS) is 9.41. The van der Waals surface area contributed by atoms with Crippen molar-refractivity contribution in [2.75, 3.05) is 13.6 Å². The molecule has 0 saturated heterocycles. The smallest absolute Gasteiger partial charge is 0.222 e. The maximum atomic E-state index is 12.0. The molecule has 0 bridgehead atoms. The van der Waals surface area contributed by atoms with Gasteiger partial charge in [-0.1, -0.05) is 25.7 Å². The summed E-state index contributed by atoms with van der Waals surface area (Å²) < 4.78 is 0. The van der Waals surface area contributed by atoms with E-state index in [1.807, 2.05) is 25.8 Å². The number of rotatable bonds is 12. The first-order valence-corrected chi connectivity index (χ1v) is 8.75. The number of nitrogens with zero attached hydrogens (tertiary/aromatic N) is 1. The van der Waals surface area contributed by atoms with Gasteiger partial charge >= 0.3 is 0 Å². The fraction of sp³-hybridized carbons (Fsp3) is 0.750. The number of unbranched alkanes of at least 4 members (excludes halogenated alkanes) is 8. The third kappa shape index (κ3) is 13.6. The van der Waals surface area contributed by atoms with Crippen LogP contribution in [-0.4, -0.2) is 24.4 Å². The van der Waals surface area contributed by atoms with E-state index >= 15 is 0 Å². The van der Waals surface area contributed by atoms with Gasteiger partial charge in [-0.15, -0.1) is 23.7 Å². The number of amides is 1. The number of hydrogen-bond donors (Lipinski definition) is 0. The molecule has 0 fully saturated rings. The van der Waals surface area contributed by atoms with Gasteiger partial charge in [0.25, 0.3) is 0 Å². The summed E-state index contributed by atoms with van der Waals surface area (Å²) in [5.74, 6) is 12.3. The van der Waals surface area contributed by atoms with Crippen molar-refractivity contribution in [2.24, 2.45) is 0 Å². The molecule has 0 saturated carbocycles. The fourth-order valence-electron chi connectivity index (χ4n) is 2.32. The Balaban J connectivity index is 3.42. The van der Waals surface area contributed by atoms with Crippen LogP contribution in [0.1, 0.15) is 84.5 Å². The summed E-state index contributed by atoms with van der Waals surface area (Å²) in [6.07, 6.45) is 12.0. The highest BCUT2D eigenvalue weighted by molar-refractivity contribution is 5.75. The highest BCUT2D eigenvalue weighted by Crippen LogP contribution is 2.09. The van der Waals surface area contributed by atoms with E-state index < -0.39 is 0 Å². The summed E-state index contributed by atoms with van der Waals surface area (Å²) in [6.45, 7) is 4.63. The van der Waals surface area contributed by atoms with E-state index in [1.54, 1.807) is 0 Å². The summed E-state index contributed by atoms with van der Waals surface area (Å²) >= 11 is 0. The Morgan fingerprint density at radius 2 is 1.27 bits per heavy atom. The SMILES string of the molecule is CC#CCCCCCCCCC(=O)N(C)CCCCC#CC. The molecule has 0 aliphatic rings. The topological polar surface area (TPSA) is 20.3 Å². The molecule has 0 aromatic heterocycles. The molecule has 0 spiro atoms. The van der Waals surface area contributed by atoms with Crippen LogP contribution in [0.25, 0.3) is 0 Å². The molecule has 0 radical (unpaired) electrons. The lowest BCUT2D eigenvalue weighted by atomic mass is 10.1. The predicted octanol–water partition coefficient (Wildman–Crippen LogP) is 4.78. The van der Waals surface area contributed by atoms with Crippen LogP contribution in [0.2, 0.25) is 0 Å². The van der Waals surface area contributed by atoms with Gasteiger partial charge in [-0.2, -0.15) is 0 Å². The van der Waals surface area contributed by atoms with Crippen molar-refractivity contribution in [1.82, 2.24) is 4.90 Å². The lowest BCUT2D eigenvalue weighted by Crippen LogP contribution is -2.27. The number of carbonyl (C=O) groups is 1. The van der Waals surface area contributed by atoms with Crippen LogP contribution in [0.3, 0.4) is 0 Å². The average Bonchev–Trinajstić information content (AvgIpc) is 2.52. The van der Waals surface area contributed by atoms with Gasteiger partial charge in [-0.05, 0) is 39.5 Å². The number of carbonyl (C=O) groups excluding carboxylic acids is 1. The molecule has 0 atom stereocenters. The van der Waals surface area contributed by atoms with Gasteiger partial charge in [0.1, 0.15) is 0 Å². The van der Waals surface area contributed by atoms with Crippen molar-refractivity contribution in [3.8, 4) is 23.7 Å². The molecule has 22 heavy (non-hydrogen) atoms. The highest BCUT2D eigenvalue weighted by Gasteiger charge is 2.07. The third-order valence-corrected chi connectivity index (χ3v) is 3.77. The Morgan fingerprint density at radius 1 is 0.773 bits per heavy atom. The van der Waals surface area contributed by atoms with E-state index in [4.69, 9.17) is 0 Å². The maximum Gasteiger partial charge on any atom is 0.222 e. The molecule has 0 N–H and O–H groups in total. The van der Waals surface area contributed by atoms with Crippen molar-refractivity contribution in [3.05, 3.63) is 0 Å². The summed E-state index contributed by atoms with van der Waals surface area (Å²) in [7, 11) is 1.92. The van der Waals surface area contributed by atoms with Crippen LogP contribution < -0.4 is 0 Å². The molecule has 0 aliphatic carbocycles. The van der Waals surface area contributed by atoms with Crippen LogP contribution in [0.15, 0.2) is 0 Å². The molecular weight excluding hydrogens is 270 g/mol. The second kappa shape index (κ2) is 16.0. The minimum absolute atomic E-state index is 0.291. The molecular formula is C20H33NO. The second-order valence-electron chi connectivity index (χ2n) is 5.75. The van der Waals surface area contributed by atoms with Crippen LogP contribution in [0.5, 0.6) is 0 Å². The molecule has 0 heterocycles. The molecule has 0 aliphatic heterocycles. The van der Waals surface area contributed by atoms with Crippen molar-refractivity contribution < 1.29 is 4.79 Å². The lowest BCUT2D eigenvalue weighted by molar-refractivity contribution is -0.130. The summed E-state index contributed by atoms with van der Waals surface area (Å²) in [6, 6.07) is 0. The third-order valence-electron chi connectivity index (χ3n) is 3.77. The van der Waals surface area contributed by atoms with E-state index in [-0.39, 0.29) is 0 Å². The Morgan fingerprint density at radius 3 is 1.86 bits per heavy atom. The van der Waals surface area contributed by atoms with E-state index in [0.717, 1.165) is 38.6 Å². The lowest BCUT2D eigenvalue weighted by Gasteiger charge is -2.16. The highest BCUT2D eigenvalue weighted by atomic mass is 16.2. The van der Waals surface area contributed by atoms with Gasteiger partial charge in [0.2, 0.25) is 5.91 Å². The van der Waals surface area contributed by atoms with Crippen molar-refractivity contribution in [3.63, 3.8) is 0 Å². The summed E-state index contributed by atoms with van der Waals surface area (Å²) in [5, 5.41) is 0. The standard InChI is InChI=1S/C20H33NO/c1-4-6-8-10-11-12-13-14-16-18-20(22)21(3)19-17-15-9-7-5-2/h8-19H2,1-3H3. The van der Waals surface area contributed by atoms with Crippen LogP contribution in [0, 0.1) is 23.7 Å². The molecule has 0 unspecified atom stereocenters. The molecule has 2 nitrogen and oxygen atoms in total. The van der Waals surface area contributed by atoms with Gasteiger partial charge in [-0.3, -0.25) is 4.79 Å². The monoisotopic (exact) mass is 303 g/mol. The average molecular weight is 303 g/mol. The minimum atomic E-state index is 0.291. The molecule has 124 valence electrons. The van der Waals surface area contributed by atoms with Crippen LogP contribution >= 0.6 is 0 Å². The molecule has 0 aromatic carbocycles. The predicted molar refractivity (Wildman–Crippen MR) is 95.3 cm³/mol. The molecule has 0 aromatic rings. The quantitative estimate of drug-likeness (QED) is 0.375. The Hall–Kier alpha value is -1.41. The first kappa shape index (κ1) is 20.6. The van der Waals surface area contributed by atoms with Gasteiger partial charge in [0, 0.05) is 32.9 Å². The first-order chi connectivity index (χ1) is 10.7. The Kier molecular flexibility index (Phi) is 14.9. The zero-order valence-electron chi connectivity index (χ0n) is 14.8. The summed E-state index contributed by atoms with van der Waals surface area (Å²) in [5.41, 5.74) is 0. The van der Waals surface area contributed by atoms with Crippen molar-refractivity contribution >= 4 is 5.91 Å². The molecule has 2 heteroatoms. The van der Waals surface area contributed by atoms with E-state index in [0.29, 0.717) is 12.3 Å². The van der Waals surface area contributed by atoms with Gasteiger partial charge in [0.15, 0.2) is 0 Å². The zero-order chi connectivity index (χ0) is 16.5. The minimum Gasteiger partial charge on any atom is -0.346 e. The van der Waals surface area contributed by atoms with Crippen molar-refractivity contribution in [2.45, 2.75) is 84.5 Å². The van der Waals surface area contributed by atoms with Gasteiger partial charge in [0.05, 0.1) is 0 Å². The van der Waals surface area contributed by atoms with Crippen molar-refractivity contribution in [1.29, 1.82) is 0 Å². The number of hydrogen-bond acceptors (Lipinski definition) is 1. The summed E-state index contributed by atoms with van der Waals surface area (Å²) in [4.78, 5) is 13.8. The first-order valence-electron chi connectivity index (χ1n) is 8.75. The van der Waals surface area contributed by atoms with Gasteiger partial charge < -0.3 is 4.90 Å². The van der Waals surface area contributed by atoms with Crippen LogP contribution in [0.4, 0.5) is 0 Å². The van der Waals surface area contributed by atoms with E-state index in [9.17, 15) is 4.79 Å². The Labute approximate surface area is 138 Å². The maximum absolute atomic E-state index is 12.0. The van der Waals surface area contributed by atoms with E-state index in [1.165, 1.54) is 32.1 Å². The molecule has 0 rings (SSSR count). The molecule has 1 amide bonds. The second-order valence-corrected chi connectivity index (χ2v) is 5.75. The van der Waals surface area contributed by atoms with Crippen LogP contribution in [-0.2, 0) is 4.79 Å². The largest absolute Gasteiger partial charge is 0.346 e. The zero-order valence-corrected chi connectivity index (χ0v) is 14.8. The van der Waals surface area contributed by atoms with E-state index in [2.05, 4.69) is 23.7 Å². The fourth-order valence-corrected chi connectivity index (χ4v) is 2.32.